The van der Waals surface area contributed by atoms with Crippen LogP contribution in [0.25, 0.3) is 32.1 Å². The third-order valence-corrected chi connectivity index (χ3v) is 9.34. The lowest BCUT2D eigenvalue weighted by molar-refractivity contribution is 0.100. The Bertz CT molecular complexity index is 2150. The number of rotatable bonds is 7. The Labute approximate surface area is 257 Å². The van der Waals surface area contributed by atoms with Crippen LogP contribution in [0.15, 0.2) is 60.0 Å². The number of carbonyl (C=O) groups is 2. The number of aromatic hydroxyl groups is 4. The van der Waals surface area contributed by atoms with Crippen LogP contribution >= 0.6 is 11.3 Å². The van der Waals surface area contributed by atoms with Gasteiger partial charge < -0.3 is 25.4 Å². The molecular formula is C36H31NO6S. The molecule has 44 heavy (non-hydrogen) atoms. The fraction of sp³-hybridized carbons (Fsp3) is 0.167. The van der Waals surface area contributed by atoms with Gasteiger partial charge in [0, 0.05) is 56.2 Å². The van der Waals surface area contributed by atoms with Gasteiger partial charge in [-0.1, -0.05) is 24.3 Å². The van der Waals surface area contributed by atoms with Gasteiger partial charge in [-0.25, -0.2) is 0 Å². The summed E-state index contributed by atoms with van der Waals surface area (Å²) < 4.78 is 1.16. The highest BCUT2D eigenvalue weighted by atomic mass is 32.1. The lowest BCUT2D eigenvalue weighted by Gasteiger charge is -2.16. The minimum atomic E-state index is -0.331. The Morgan fingerprint density at radius 2 is 1.30 bits per heavy atom. The summed E-state index contributed by atoms with van der Waals surface area (Å²) in [4.78, 5) is 28.1. The molecule has 6 rings (SSSR count). The van der Waals surface area contributed by atoms with Crippen LogP contribution in [0.3, 0.4) is 0 Å². The van der Waals surface area contributed by atoms with Crippen molar-refractivity contribution < 1.29 is 30.0 Å². The normalized spacial score (nSPS) is 11.5. The highest BCUT2D eigenvalue weighted by Crippen LogP contribution is 2.42. The predicted octanol–water partition coefficient (Wildman–Crippen LogP) is 8.08. The van der Waals surface area contributed by atoms with Crippen LogP contribution in [0.1, 0.15) is 68.1 Å². The van der Waals surface area contributed by atoms with E-state index in [-0.39, 0.29) is 69.7 Å². The number of hydrogen-bond acceptors (Lipinski definition) is 7. The molecule has 2 heterocycles. The zero-order chi connectivity index (χ0) is 31.4. The predicted molar refractivity (Wildman–Crippen MR) is 174 cm³/mol. The quantitative estimate of drug-likeness (QED) is 0.117. The molecule has 0 bridgehead atoms. The van der Waals surface area contributed by atoms with Gasteiger partial charge in [0.25, 0.3) is 0 Å². The number of phenolic OH excluding ortho intramolecular Hbond substituents is 4. The maximum absolute atomic E-state index is 12.4. The standard InChI is InChI=1S/C36H31NO6S/c1-17-11-23(19(3)38)35(42)27(33(17)40)14-26-25-13-21(29-16-44-32-8-6-5-7-22(29)32)9-10-30(25)37-31(26)15-28-34(41)18(2)12-24(20(4)39)36(28)43/h5-13,16,37,40-43H,14-15H2,1-4H3. The Hall–Kier alpha value is -5.08. The molecule has 0 atom stereocenters. The Balaban J connectivity index is 1.59. The van der Waals surface area contributed by atoms with Crippen LogP contribution in [0.4, 0.5) is 0 Å². The number of ketones is 2. The van der Waals surface area contributed by atoms with E-state index >= 15 is 0 Å². The summed E-state index contributed by atoms with van der Waals surface area (Å²) in [5.41, 5.74) is 5.66. The van der Waals surface area contributed by atoms with Crippen molar-refractivity contribution in [2.24, 2.45) is 0 Å². The lowest BCUT2D eigenvalue weighted by atomic mass is 9.91. The Morgan fingerprint density at radius 1 is 0.705 bits per heavy atom. The molecular weight excluding hydrogens is 574 g/mol. The highest BCUT2D eigenvalue weighted by Gasteiger charge is 2.25. The summed E-state index contributed by atoms with van der Waals surface area (Å²) in [7, 11) is 0. The monoisotopic (exact) mass is 605 g/mol. The van der Waals surface area contributed by atoms with Crippen LogP contribution in [0, 0.1) is 13.8 Å². The molecule has 0 fully saturated rings. The van der Waals surface area contributed by atoms with E-state index in [1.54, 1.807) is 25.2 Å². The number of nitrogens with one attached hydrogen (secondary N) is 1. The number of hydrogen-bond donors (Lipinski definition) is 5. The molecule has 0 aliphatic carbocycles. The summed E-state index contributed by atoms with van der Waals surface area (Å²) in [5.74, 6) is -1.49. The number of H-pyrrole nitrogens is 1. The Kier molecular flexibility index (Phi) is 7.18. The van der Waals surface area contributed by atoms with E-state index in [2.05, 4.69) is 22.5 Å². The van der Waals surface area contributed by atoms with Gasteiger partial charge in [0.15, 0.2) is 11.6 Å². The van der Waals surface area contributed by atoms with Gasteiger partial charge in [0.2, 0.25) is 0 Å². The fourth-order valence-corrected chi connectivity index (χ4v) is 6.95. The van der Waals surface area contributed by atoms with Crippen LogP contribution in [-0.4, -0.2) is 37.0 Å². The summed E-state index contributed by atoms with van der Waals surface area (Å²) >= 11 is 1.66. The fourth-order valence-electron chi connectivity index (χ4n) is 5.98. The van der Waals surface area contributed by atoms with Gasteiger partial charge in [-0.15, -0.1) is 11.3 Å². The molecule has 0 amide bonds. The summed E-state index contributed by atoms with van der Waals surface area (Å²) in [5, 5.41) is 48.3. The van der Waals surface area contributed by atoms with Crippen molar-refractivity contribution in [3.05, 3.63) is 105 Å². The van der Waals surface area contributed by atoms with Gasteiger partial charge in [-0.2, -0.15) is 0 Å². The van der Waals surface area contributed by atoms with Gasteiger partial charge in [0.05, 0.1) is 11.1 Å². The van der Waals surface area contributed by atoms with Crippen molar-refractivity contribution in [3.63, 3.8) is 0 Å². The number of Topliss-reactive ketones (excluding diaryl/α,β-unsaturated/α-hetero) is 2. The number of aromatic amines is 1. The second-order valence-corrected chi connectivity index (χ2v) is 12.2. The third kappa shape index (κ3) is 4.77. The molecule has 7 nitrogen and oxygen atoms in total. The van der Waals surface area contributed by atoms with Crippen molar-refractivity contribution in [2.75, 3.05) is 0 Å². The van der Waals surface area contributed by atoms with Crippen LogP contribution < -0.4 is 0 Å². The second kappa shape index (κ2) is 10.9. The molecule has 0 aliphatic rings. The maximum Gasteiger partial charge on any atom is 0.163 e. The van der Waals surface area contributed by atoms with E-state index in [4.69, 9.17) is 0 Å². The van der Waals surface area contributed by atoms with E-state index in [1.165, 1.54) is 26.0 Å². The molecule has 0 aliphatic heterocycles. The smallest absolute Gasteiger partial charge is 0.163 e. The van der Waals surface area contributed by atoms with Gasteiger partial charge in [-0.3, -0.25) is 9.59 Å². The molecule has 0 unspecified atom stereocenters. The van der Waals surface area contributed by atoms with Gasteiger partial charge >= 0.3 is 0 Å². The van der Waals surface area contributed by atoms with Crippen molar-refractivity contribution in [3.8, 4) is 34.1 Å². The maximum atomic E-state index is 12.4. The third-order valence-electron chi connectivity index (χ3n) is 8.37. The number of fused-ring (bicyclic) bond motifs is 2. The van der Waals surface area contributed by atoms with Crippen LogP contribution in [0.5, 0.6) is 23.0 Å². The molecule has 2 aromatic heterocycles. The zero-order valence-corrected chi connectivity index (χ0v) is 25.5. The first-order chi connectivity index (χ1) is 21.0. The second-order valence-electron chi connectivity index (χ2n) is 11.3. The molecule has 0 saturated heterocycles. The molecule has 222 valence electrons. The molecule has 5 N–H and O–H groups in total. The SMILES string of the molecule is CC(=O)c1cc(C)c(O)c(Cc2[nH]c3ccc(-c4csc5ccccc45)cc3c2Cc2c(O)c(C)cc(C(C)=O)c2O)c1O. The Morgan fingerprint density at radius 3 is 1.91 bits per heavy atom. The topological polar surface area (TPSA) is 131 Å². The number of aromatic nitrogens is 1. The van der Waals surface area contributed by atoms with Gasteiger partial charge in [0.1, 0.15) is 23.0 Å². The minimum absolute atomic E-state index is 0.0350. The first-order valence-electron chi connectivity index (χ1n) is 14.2. The van der Waals surface area contributed by atoms with Crippen molar-refractivity contribution in [1.82, 2.24) is 4.98 Å². The molecule has 0 spiro atoms. The molecule has 6 aromatic rings. The number of phenols is 4. The molecule has 4 aromatic carbocycles. The first-order valence-corrected chi connectivity index (χ1v) is 15.0. The van der Waals surface area contributed by atoms with Crippen molar-refractivity contribution in [2.45, 2.75) is 40.5 Å². The highest BCUT2D eigenvalue weighted by molar-refractivity contribution is 7.17. The van der Waals surface area contributed by atoms with Crippen molar-refractivity contribution in [1.29, 1.82) is 0 Å². The van der Waals surface area contributed by atoms with Gasteiger partial charge in [-0.05, 0) is 85.7 Å². The number of benzene rings is 4. The summed E-state index contributed by atoms with van der Waals surface area (Å²) in [6.07, 6.45) is 0.0863. The summed E-state index contributed by atoms with van der Waals surface area (Å²) in [6.45, 7) is 6.06. The zero-order valence-electron chi connectivity index (χ0n) is 24.7. The number of thiophene rings is 1. The van der Waals surface area contributed by atoms with E-state index in [0.717, 1.165) is 32.1 Å². The molecule has 0 saturated carbocycles. The largest absolute Gasteiger partial charge is 0.507 e. The van der Waals surface area contributed by atoms with E-state index in [1.807, 2.05) is 30.3 Å². The molecule has 8 heteroatoms. The number of aryl methyl sites for hydroxylation is 2. The minimum Gasteiger partial charge on any atom is -0.507 e. The number of carbonyl (C=O) groups excluding carboxylic acids is 2. The van der Waals surface area contributed by atoms with Crippen molar-refractivity contribution >= 4 is 43.9 Å². The first kappa shape index (κ1) is 29.0. The van der Waals surface area contributed by atoms with E-state index in [9.17, 15) is 30.0 Å². The van der Waals surface area contributed by atoms with E-state index < -0.39 is 0 Å². The van der Waals surface area contributed by atoms with Crippen LogP contribution in [0.2, 0.25) is 0 Å². The molecule has 0 radical (unpaired) electrons. The van der Waals surface area contributed by atoms with Crippen LogP contribution in [-0.2, 0) is 12.8 Å². The lowest BCUT2D eigenvalue weighted by Crippen LogP contribution is -2.03. The van der Waals surface area contributed by atoms with E-state index in [0.29, 0.717) is 22.4 Å². The summed E-state index contributed by atoms with van der Waals surface area (Å²) in [6, 6.07) is 17.1. The average Bonchev–Trinajstić information content (AvgIpc) is 3.57. The average molecular weight is 606 g/mol.